The normalized spacial score (nSPS) is 10.7. The number of anilines is 1. The van der Waals surface area contributed by atoms with E-state index in [-0.39, 0.29) is 11.7 Å². The smallest absolute Gasteiger partial charge is 0.255 e. The van der Waals surface area contributed by atoms with Gasteiger partial charge >= 0.3 is 0 Å². The largest absolute Gasteiger partial charge is 0.345 e. The summed E-state index contributed by atoms with van der Waals surface area (Å²) in [7, 11) is 0. The molecule has 0 saturated carbocycles. The van der Waals surface area contributed by atoms with Crippen molar-refractivity contribution in [2.45, 2.75) is 6.92 Å². The van der Waals surface area contributed by atoms with E-state index in [2.05, 4.69) is 15.3 Å². The third-order valence-electron chi connectivity index (χ3n) is 3.13. The Labute approximate surface area is 114 Å². The first-order valence-electron chi connectivity index (χ1n) is 6.14. The van der Waals surface area contributed by atoms with Gasteiger partial charge in [0.15, 0.2) is 0 Å². The van der Waals surface area contributed by atoms with Gasteiger partial charge in [0, 0.05) is 11.3 Å². The molecule has 2 aromatic carbocycles. The number of aromatic amines is 1. The zero-order valence-electron chi connectivity index (χ0n) is 10.8. The van der Waals surface area contributed by atoms with Crippen LogP contribution in [0, 0.1) is 12.7 Å². The number of carbonyl (C=O) groups excluding carboxylic acids is 1. The van der Waals surface area contributed by atoms with E-state index in [0.717, 1.165) is 16.6 Å². The molecule has 0 fully saturated rings. The summed E-state index contributed by atoms with van der Waals surface area (Å²) >= 11 is 0. The fourth-order valence-electron chi connectivity index (χ4n) is 2.00. The first kappa shape index (κ1) is 12.3. The van der Waals surface area contributed by atoms with Crippen molar-refractivity contribution in [2.75, 3.05) is 5.32 Å². The number of hydrogen-bond donors (Lipinski definition) is 2. The Kier molecular flexibility index (Phi) is 2.95. The van der Waals surface area contributed by atoms with Crippen molar-refractivity contribution in [2.24, 2.45) is 0 Å². The van der Waals surface area contributed by atoms with Gasteiger partial charge in [-0.15, -0.1) is 0 Å². The lowest BCUT2D eigenvalue weighted by atomic mass is 10.1. The van der Waals surface area contributed by atoms with Crippen LogP contribution in [0.4, 0.5) is 10.1 Å². The highest BCUT2D eigenvalue weighted by molar-refractivity contribution is 6.06. The van der Waals surface area contributed by atoms with E-state index < -0.39 is 0 Å². The van der Waals surface area contributed by atoms with Gasteiger partial charge in [0.05, 0.1) is 17.4 Å². The van der Waals surface area contributed by atoms with Crippen LogP contribution in [-0.4, -0.2) is 15.9 Å². The highest BCUT2D eigenvalue weighted by Gasteiger charge is 2.09. The van der Waals surface area contributed by atoms with Crippen molar-refractivity contribution in [3.05, 3.63) is 59.7 Å². The van der Waals surface area contributed by atoms with E-state index in [9.17, 15) is 9.18 Å². The molecule has 0 spiro atoms. The fourth-order valence-corrected chi connectivity index (χ4v) is 2.00. The standard InChI is InChI=1S/C15H12FN3O/c1-9-2-4-11(16)7-13(9)19-15(20)10-3-5-12-14(6-10)18-8-17-12/h2-8H,1H3,(H,17,18)(H,19,20). The highest BCUT2D eigenvalue weighted by Crippen LogP contribution is 2.18. The van der Waals surface area contributed by atoms with E-state index in [1.807, 2.05) is 6.92 Å². The minimum absolute atomic E-state index is 0.282. The van der Waals surface area contributed by atoms with E-state index in [4.69, 9.17) is 0 Å². The molecule has 4 nitrogen and oxygen atoms in total. The van der Waals surface area contributed by atoms with E-state index >= 15 is 0 Å². The third kappa shape index (κ3) is 2.25. The molecule has 0 bridgehead atoms. The summed E-state index contributed by atoms with van der Waals surface area (Å²) in [5.74, 6) is -0.662. The van der Waals surface area contributed by atoms with E-state index in [0.29, 0.717) is 11.3 Å². The summed E-state index contributed by atoms with van der Waals surface area (Å²) in [6, 6.07) is 9.46. The number of fused-ring (bicyclic) bond motifs is 1. The Morgan fingerprint density at radius 3 is 2.95 bits per heavy atom. The van der Waals surface area contributed by atoms with Crippen LogP contribution in [0.3, 0.4) is 0 Å². The third-order valence-corrected chi connectivity index (χ3v) is 3.13. The van der Waals surface area contributed by atoms with Gasteiger partial charge in [0.25, 0.3) is 5.91 Å². The maximum atomic E-state index is 13.2. The summed E-state index contributed by atoms with van der Waals surface area (Å²) in [5.41, 5.74) is 3.35. The molecular weight excluding hydrogens is 257 g/mol. The van der Waals surface area contributed by atoms with Crippen molar-refractivity contribution in [1.82, 2.24) is 9.97 Å². The number of imidazole rings is 1. The summed E-state index contributed by atoms with van der Waals surface area (Å²) in [6.07, 6.45) is 1.57. The molecule has 100 valence electrons. The van der Waals surface area contributed by atoms with Crippen molar-refractivity contribution in [3.8, 4) is 0 Å². The number of aryl methyl sites for hydroxylation is 1. The number of amides is 1. The molecule has 3 aromatic rings. The van der Waals surface area contributed by atoms with Gasteiger partial charge in [-0.3, -0.25) is 4.79 Å². The van der Waals surface area contributed by atoms with Crippen molar-refractivity contribution >= 4 is 22.6 Å². The number of nitrogens with zero attached hydrogens (tertiary/aromatic N) is 1. The molecule has 0 atom stereocenters. The predicted octanol–water partition coefficient (Wildman–Crippen LogP) is 3.26. The average Bonchev–Trinajstić information content (AvgIpc) is 2.90. The van der Waals surface area contributed by atoms with Crippen LogP contribution in [0.25, 0.3) is 11.0 Å². The van der Waals surface area contributed by atoms with Crippen LogP contribution in [0.1, 0.15) is 15.9 Å². The second kappa shape index (κ2) is 4.77. The van der Waals surface area contributed by atoms with E-state index in [1.54, 1.807) is 30.6 Å². The van der Waals surface area contributed by atoms with Crippen molar-refractivity contribution < 1.29 is 9.18 Å². The zero-order valence-corrected chi connectivity index (χ0v) is 10.8. The molecular formula is C15H12FN3O. The minimum atomic E-state index is -0.380. The van der Waals surface area contributed by atoms with Crippen LogP contribution >= 0.6 is 0 Å². The summed E-state index contributed by atoms with van der Waals surface area (Å²) < 4.78 is 13.2. The summed E-state index contributed by atoms with van der Waals surface area (Å²) in [5, 5.41) is 2.71. The fraction of sp³-hybridized carbons (Fsp3) is 0.0667. The Morgan fingerprint density at radius 1 is 1.25 bits per heavy atom. The topological polar surface area (TPSA) is 57.8 Å². The number of hydrogen-bond acceptors (Lipinski definition) is 2. The number of nitrogens with one attached hydrogen (secondary N) is 2. The molecule has 0 aliphatic heterocycles. The summed E-state index contributed by atoms with van der Waals surface area (Å²) in [6.45, 7) is 1.81. The van der Waals surface area contributed by atoms with Crippen molar-refractivity contribution in [3.63, 3.8) is 0 Å². The molecule has 1 amide bonds. The zero-order chi connectivity index (χ0) is 14.1. The van der Waals surface area contributed by atoms with Crippen LogP contribution < -0.4 is 5.32 Å². The van der Waals surface area contributed by atoms with Gasteiger partial charge in [-0.2, -0.15) is 0 Å². The lowest BCUT2D eigenvalue weighted by Gasteiger charge is -2.08. The average molecular weight is 269 g/mol. The van der Waals surface area contributed by atoms with Gasteiger partial charge < -0.3 is 10.3 Å². The van der Waals surface area contributed by atoms with Crippen LogP contribution in [-0.2, 0) is 0 Å². The molecule has 2 N–H and O–H groups in total. The molecule has 0 aliphatic rings. The predicted molar refractivity (Wildman–Crippen MR) is 75.2 cm³/mol. The van der Waals surface area contributed by atoms with Crippen molar-refractivity contribution in [1.29, 1.82) is 0 Å². The molecule has 1 heterocycles. The number of aromatic nitrogens is 2. The second-order valence-corrected chi connectivity index (χ2v) is 4.55. The monoisotopic (exact) mass is 269 g/mol. The Hall–Kier alpha value is -2.69. The Bertz CT molecular complexity index is 795. The number of benzene rings is 2. The molecule has 0 saturated heterocycles. The lowest BCUT2D eigenvalue weighted by Crippen LogP contribution is -2.12. The maximum absolute atomic E-state index is 13.2. The molecule has 0 unspecified atom stereocenters. The molecule has 20 heavy (non-hydrogen) atoms. The number of carbonyl (C=O) groups is 1. The van der Waals surface area contributed by atoms with Crippen LogP contribution in [0.15, 0.2) is 42.7 Å². The first-order valence-corrected chi connectivity index (χ1v) is 6.14. The lowest BCUT2D eigenvalue weighted by molar-refractivity contribution is 0.102. The highest BCUT2D eigenvalue weighted by atomic mass is 19.1. The van der Waals surface area contributed by atoms with Gasteiger partial charge in [-0.25, -0.2) is 9.37 Å². The van der Waals surface area contributed by atoms with Crippen LogP contribution in [0.5, 0.6) is 0 Å². The second-order valence-electron chi connectivity index (χ2n) is 4.55. The van der Waals surface area contributed by atoms with Gasteiger partial charge in [-0.1, -0.05) is 6.07 Å². The molecule has 5 heteroatoms. The molecule has 0 radical (unpaired) electrons. The number of rotatable bonds is 2. The number of H-pyrrole nitrogens is 1. The van der Waals surface area contributed by atoms with Gasteiger partial charge in [0.1, 0.15) is 5.82 Å². The summed E-state index contributed by atoms with van der Waals surface area (Å²) in [4.78, 5) is 19.2. The Balaban J connectivity index is 1.90. The number of halogens is 1. The maximum Gasteiger partial charge on any atom is 0.255 e. The van der Waals surface area contributed by atoms with E-state index in [1.165, 1.54) is 12.1 Å². The molecule has 1 aromatic heterocycles. The minimum Gasteiger partial charge on any atom is -0.345 e. The first-order chi connectivity index (χ1) is 9.63. The SMILES string of the molecule is Cc1ccc(F)cc1NC(=O)c1ccc2nc[nH]c2c1. The molecule has 3 rings (SSSR count). The quantitative estimate of drug-likeness (QED) is 0.750. The molecule has 0 aliphatic carbocycles. The van der Waals surface area contributed by atoms with Gasteiger partial charge in [0.2, 0.25) is 0 Å². The van der Waals surface area contributed by atoms with Gasteiger partial charge in [-0.05, 0) is 42.8 Å². The van der Waals surface area contributed by atoms with Crippen LogP contribution in [0.2, 0.25) is 0 Å². The Morgan fingerprint density at radius 2 is 2.10 bits per heavy atom.